The number of hydrogen-bond acceptors (Lipinski definition) is 4. The molecule has 2 aliphatic heterocycles. The molecule has 7 nitrogen and oxygen atoms in total. The van der Waals surface area contributed by atoms with Gasteiger partial charge in [-0.1, -0.05) is 0 Å². The lowest BCUT2D eigenvalue weighted by Gasteiger charge is -2.42. The Morgan fingerprint density at radius 2 is 2.05 bits per heavy atom. The lowest BCUT2D eigenvalue weighted by Crippen LogP contribution is -2.60. The van der Waals surface area contributed by atoms with E-state index in [9.17, 15) is 14.4 Å². The first-order valence-electron chi connectivity index (χ1n) is 7.56. The van der Waals surface area contributed by atoms with Gasteiger partial charge in [0.2, 0.25) is 11.8 Å². The molecule has 118 valence electrons. The summed E-state index contributed by atoms with van der Waals surface area (Å²) < 4.78 is 0. The van der Waals surface area contributed by atoms with Crippen molar-refractivity contribution in [3.63, 3.8) is 0 Å². The fourth-order valence-corrected chi connectivity index (χ4v) is 2.83. The Morgan fingerprint density at radius 1 is 1.33 bits per heavy atom. The Bertz CT molecular complexity index is 440. The molecular weight excluding hydrogens is 272 g/mol. The maximum atomic E-state index is 12.7. The average molecular weight is 296 g/mol. The second-order valence-corrected chi connectivity index (χ2v) is 5.80. The predicted molar refractivity (Wildman–Crippen MR) is 76.9 cm³/mol. The minimum atomic E-state index is -0.622. The zero-order chi connectivity index (χ0) is 15.6. The highest BCUT2D eigenvalue weighted by atomic mass is 16.2. The standard InChI is InChI=1S/C14H24N4O3/c1-9-5-4-8-17-12(19)7-6-11(14(21)18(9)17)16-13(20)10(2)15-3/h9-11,15H,4-8H2,1-3H3,(H,16,20)/t9-,10?,11+/m1/s1. The van der Waals surface area contributed by atoms with Crippen molar-refractivity contribution in [3.05, 3.63) is 0 Å². The third-order valence-corrected chi connectivity index (χ3v) is 4.27. The number of hydrazine groups is 1. The Hall–Kier alpha value is -1.63. The summed E-state index contributed by atoms with van der Waals surface area (Å²) in [6, 6.07) is -0.996. The van der Waals surface area contributed by atoms with E-state index < -0.39 is 6.04 Å². The number of carbonyl (C=O) groups excluding carboxylic acids is 3. The van der Waals surface area contributed by atoms with Crippen molar-refractivity contribution in [2.45, 2.75) is 57.7 Å². The molecule has 0 aromatic rings. The topological polar surface area (TPSA) is 81.8 Å². The van der Waals surface area contributed by atoms with Crippen LogP contribution in [-0.2, 0) is 14.4 Å². The molecule has 0 radical (unpaired) electrons. The van der Waals surface area contributed by atoms with Crippen molar-refractivity contribution in [1.29, 1.82) is 0 Å². The van der Waals surface area contributed by atoms with Crippen molar-refractivity contribution < 1.29 is 14.4 Å². The molecule has 2 N–H and O–H groups in total. The van der Waals surface area contributed by atoms with Gasteiger partial charge in [-0.05, 0) is 40.2 Å². The van der Waals surface area contributed by atoms with Gasteiger partial charge in [0, 0.05) is 13.0 Å². The number of rotatable bonds is 3. The van der Waals surface area contributed by atoms with Crippen LogP contribution in [0.5, 0.6) is 0 Å². The van der Waals surface area contributed by atoms with E-state index in [1.54, 1.807) is 24.0 Å². The molecule has 0 saturated carbocycles. The number of nitrogens with zero attached hydrogens (tertiary/aromatic N) is 2. The van der Waals surface area contributed by atoms with E-state index in [0.717, 1.165) is 12.8 Å². The summed E-state index contributed by atoms with van der Waals surface area (Å²) in [7, 11) is 1.69. The van der Waals surface area contributed by atoms with E-state index in [1.165, 1.54) is 0 Å². The molecule has 0 spiro atoms. The van der Waals surface area contributed by atoms with Gasteiger partial charge < -0.3 is 10.6 Å². The molecule has 2 saturated heterocycles. The molecule has 7 heteroatoms. The van der Waals surface area contributed by atoms with Crippen LogP contribution in [0, 0.1) is 0 Å². The number of hydrogen-bond donors (Lipinski definition) is 2. The molecule has 21 heavy (non-hydrogen) atoms. The molecule has 2 rings (SSSR count). The van der Waals surface area contributed by atoms with Crippen LogP contribution < -0.4 is 10.6 Å². The molecule has 3 atom stereocenters. The van der Waals surface area contributed by atoms with Crippen LogP contribution in [-0.4, -0.2) is 59.5 Å². The first-order valence-corrected chi connectivity index (χ1v) is 7.56. The molecule has 1 unspecified atom stereocenters. The molecule has 0 aromatic carbocycles. The highest BCUT2D eigenvalue weighted by Gasteiger charge is 2.40. The maximum absolute atomic E-state index is 12.7. The second kappa shape index (κ2) is 6.43. The molecule has 2 heterocycles. The van der Waals surface area contributed by atoms with Crippen LogP contribution in [0.15, 0.2) is 0 Å². The smallest absolute Gasteiger partial charge is 0.263 e. The normalized spacial score (nSPS) is 28.0. The summed E-state index contributed by atoms with van der Waals surface area (Å²) in [6.45, 7) is 4.26. The molecule has 0 bridgehead atoms. The fourth-order valence-electron chi connectivity index (χ4n) is 2.83. The van der Waals surface area contributed by atoms with Crippen molar-refractivity contribution in [2.75, 3.05) is 13.6 Å². The fraction of sp³-hybridized carbons (Fsp3) is 0.786. The Labute approximate surface area is 125 Å². The van der Waals surface area contributed by atoms with Gasteiger partial charge in [0.15, 0.2) is 0 Å². The molecule has 0 aromatic heterocycles. The Morgan fingerprint density at radius 3 is 2.71 bits per heavy atom. The average Bonchev–Trinajstić information content (AvgIpc) is 2.59. The van der Waals surface area contributed by atoms with E-state index in [4.69, 9.17) is 0 Å². The molecule has 2 aliphatic rings. The predicted octanol–water partition coefficient (Wildman–Crippen LogP) is -0.373. The molecule has 3 amide bonds. The number of amides is 3. The first-order chi connectivity index (χ1) is 9.95. The Balaban J connectivity index is 2.15. The minimum Gasteiger partial charge on any atom is -0.343 e. The summed E-state index contributed by atoms with van der Waals surface area (Å²) in [5, 5.41) is 8.72. The number of carbonyl (C=O) groups is 3. The van der Waals surface area contributed by atoms with Gasteiger partial charge >= 0.3 is 0 Å². The van der Waals surface area contributed by atoms with Gasteiger partial charge in [0.05, 0.1) is 12.1 Å². The van der Waals surface area contributed by atoms with Crippen molar-refractivity contribution in [2.24, 2.45) is 0 Å². The monoisotopic (exact) mass is 296 g/mol. The van der Waals surface area contributed by atoms with Crippen molar-refractivity contribution in [3.8, 4) is 0 Å². The van der Waals surface area contributed by atoms with Gasteiger partial charge in [-0.25, -0.2) is 5.01 Å². The highest BCUT2D eigenvalue weighted by Crippen LogP contribution is 2.24. The molecule has 2 fully saturated rings. The van der Waals surface area contributed by atoms with Gasteiger partial charge in [0.25, 0.3) is 5.91 Å². The SMILES string of the molecule is CNC(C)C(=O)N[C@H]1CCC(=O)N2CCC[C@@H](C)N2C1=O. The first kappa shape index (κ1) is 15.8. The van der Waals surface area contributed by atoms with E-state index in [-0.39, 0.29) is 36.2 Å². The summed E-state index contributed by atoms with van der Waals surface area (Å²) in [4.78, 5) is 36.8. The number of nitrogens with one attached hydrogen (secondary N) is 2. The molecule has 0 aliphatic carbocycles. The van der Waals surface area contributed by atoms with Crippen LogP contribution in [0.4, 0.5) is 0 Å². The van der Waals surface area contributed by atoms with E-state index >= 15 is 0 Å². The maximum Gasteiger partial charge on any atom is 0.263 e. The summed E-state index contributed by atoms with van der Waals surface area (Å²) >= 11 is 0. The van der Waals surface area contributed by atoms with Gasteiger partial charge in [-0.3, -0.25) is 19.4 Å². The Kier molecular flexibility index (Phi) is 4.82. The van der Waals surface area contributed by atoms with Crippen LogP contribution in [0.2, 0.25) is 0 Å². The lowest BCUT2D eigenvalue weighted by molar-refractivity contribution is -0.172. The number of fused-ring (bicyclic) bond motifs is 1. The zero-order valence-corrected chi connectivity index (χ0v) is 12.9. The van der Waals surface area contributed by atoms with Crippen LogP contribution in [0.1, 0.15) is 39.5 Å². The van der Waals surface area contributed by atoms with Crippen LogP contribution in [0.25, 0.3) is 0 Å². The minimum absolute atomic E-state index is 0.00516. The summed E-state index contributed by atoms with van der Waals surface area (Å²) in [5.41, 5.74) is 0. The number of likely N-dealkylation sites (N-methyl/N-ethyl adjacent to an activating group) is 1. The van der Waals surface area contributed by atoms with E-state index in [2.05, 4.69) is 10.6 Å². The summed E-state index contributed by atoms with van der Waals surface area (Å²) in [5.74, 6) is -0.431. The lowest BCUT2D eigenvalue weighted by atomic mass is 10.1. The quantitative estimate of drug-likeness (QED) is 0.744. The van der Waals surface area contributed by atoms with Crippen molar-refractivity contribution >= 4 is 17.7 Å². The van der Waals surface area contributed by atoms with Crippen LogP contribution >= 0.6 is 0 Å². The zero-order valence-electron chi connectivity index (χ0n) is 12.9. The highest BCUT2D eigenvalue weighted by molar-refractivity contribution is 5.92. The van der Waals surface area contributed by atoms with Gasteiger partial charge in [-0.15, -0.1) is 0 Å². The van der Waals surface area contributed by atoms with Gasteiger partial charge in [0.1, 0.15) is 6.04 Å². The third kappa shape index (κ3) is 3.18. The summed E-state index contributed by atoms with van der Waals surface area (Å²) in [6.07, 6.45) is 2.43. The second-order valence-electron chi connectivity index (χ2n) is 5.80. The van der Waals surface area contributed by atoms with Crippen molar-refractivity contribution in [1.82, 2.24) is 20.7 Å². The van der Waals surface area contributed by atoms with E-state index in [0.29, 0.717) is 13.0 Å². The largest absolute Gasteiger partial charge is 0.343 e. The molecular formula is C14H24N4O3. The van der Waals surface area contributed by atoms with Gasteiger partial charge in [-0.2, -0.15) is 0 Å². The van der Waals surface area contributed by atoms with E-state index in [1.807, 2.05) is 6.92 Å². The third-order valence-electron chi connectivity index (χ3n) is 4.27. The van der Waals surface area contributed by atoms with Crippen LogP contribution in [0.3, 0.4) is 0 Å².